The highest BCUT2D eigenvalue weighted by Crippen LogP contribution is 2.22. The Morgan fingerprint density at radius 1 is 1.14 bits per heavy atom. The first kappa shape index (κ1) is 14.8. The number of carbonyl (C=O) groups is 1. The zero-order valence-corrected chi connectivity index (χ0v) is 13.0. The molecular weight excluding hydrogens is 272 g/mol. The van der Waals surface area contributed by atoms with E-state index < -0.39 is 0 Å². The second-order valence-corrected chi connectivity index (χ2v) is 6.02. The van der Waals surface area contributed by atoms with Gasteiger partial charge in [0.2, 0.25) is 0 Å². The van der Waals surface area contributed by atoms with Crippen LogP contribution in [0.1, 0.15) is 34.8 Å². The maximum atomic E-state index is 12.6. The molecule has 3 heteroatoms. The van der Waals surface area contributed by atoms with Crippen molar-refractivity contribution in [3.63, 3.8) is 0 Å². The Kier molecular flexibility index (Phi) is 4.52. The summed E-state index contributed by atoms with van der Waals surface area (Å²) >= 11 is 0. The van der Waals surface area contributed by atoms with Gasteiger partial charge in [-0.3, -0.25) is 9.78 Å². The lowest BCUT2D eigenvalue weighted by atomic mass is 10.00. The van der Waals surface area contributed by atoms with E-state index >= 15 is 0 Å². The average molecular weight is 294 g/mol. The lowest BCUT2D eigenvalue weighted by Gasteiger charge is -2.17. The zero-order valence-electron chi connectivity index (χ0n) is 13.0. The Morgan fingerprint density at radius 3 is 2.55 bits per heavy atom. The fourth-order valence-electron chi connectivity index (χ4n) is 3.10. The first-order valence-corrected chi connectivity index (χ1v) is 8.03. The van der Waals surface area contributed by atoms with E-state index in [0.717, 1.165) is 37.9 Å². The molecule has 1 aromatic carbocycles. The first-order chi connectivity index (χ1) is 10.8. The smallest absolute Gasteiger partial charge is 0.253 e. The molecule has 0 N–H and O–H groups in total. The minimum atomic E-state index is 0.167. The normalized spacial score (nSPS) is 17.7. The fourth-order valence-corrected chi connectivity index (χ4v) is 3.10. The van der Waals surface area contributed by atoms with Crippen LogP contribution in [0.3, 0.4) is 0 Å². The number of hydrogen-bond acceptors (Lipinski definition) is 2. The van der Waals surface area contributed by atoms with Crippen molar-refractivity contribution < 1.29 is 4.79 Å². The van der Waals surface area contributed by atoms with Crippen LogP contribution >= 0.6 is 0 Å². The number of amides is 1. The molecule has 22 heavy (non-hydrogen) atoms. The van der Waals surface area contributed by atoms with Crippen LogP contribution in [-0.4, -0.2) is 28.9 Å². The highest BCUT2D eigenvalue weighted by atomic mass is 16.2. The van der Waals surface area contributed by atoms with Gasteiger partial charge in [0.15, 0.2) is 0 Å². The van der Waals surface area contributed by atoms with Crippen molar-refractivity contribution in [2.24, 2.45) is 5.92 Å². The summed E-state index contributed by atoms with van der Waals surface area (Å²) in [5.74, 6) is 0.723. The molecule has 114 valence electrons. The van der Waals surface area contributed by atoms with Crippen LogP contribution in [0.15, 0.2) is 48.8 Å². The van der Waals surface area contributed by atoms with Gasteiger partial charge in [-0.2, -0.15) is 0 Å². The monoisotopic (exact) mass is 294 g/mol. The Morgan fingerprint density at radius 2 is 1.86 bits per heavy atom. The van der Waals surface area contributed by atoms with Crippen molar-refractivity contribution in [1.82, 2.24) is 9.88 Å². The van der Waals surface area contributed by atoms with Gasteiger partial charge in [0.05, 0.1) is 0 Å². The molecule has 0 spiro atoms. The number of hydrogen-bond donors (Lipinski definition) is 0. The van der Waals surface area contributed by atoms with Gasteiger partial charge in [-0.05, 0) is 60.6 Å². The van der Waals surface area contributed by atoms with Gasteiger partial charge in [-0.15, -0.1) is 0 Å². The Bertz CT molecular complexity index is 622. The third kappa shape index (κ3) is 3.35. The van der Waals surface area contributed by atoms with Crippen LogP contribution in [-0.2, 0) is 12.8 Å². The van der Waals surface area contributed by atoms with E-state index in [9.17, 15) is 4.79 Å². The molecule has 2 heterocycles. The number of aryl methyl sites for hydroxylation is 1. The van der Waals surface area contributed by atoms with Crippen LogP contribution in [0.2, 0.25) is 0 Å². The summed E-state index contributed by atoms with van der Waals surface area (Å²) in [4.78, 5) is 18.6. The summed E-state index contributed by atoms with van der Waals surface area (Å²) in [7, 11) is 0. The first-order valence-electron chi connectivity index (χ1n) is 8.03. The quantitative estimate of drug-likeness (QED) is 0.866. The molecule has 3 nitrogen and oxygen atoms in total. The summed E-state index contributed by atoms with van der Waals surface area (Å²) < 4.78 is 0. The highest BCUT2D eigenvalue weighted by molar-refractivity contribution is 5.94. The minimum absolute atomic E-state index is 0.167. The SMILES string of the molecule is CCc1ccc(C(=O)N2CCC(Cc3ccncc3)C2)cc1. The van der Waals surface area contributed by atoms with Gasteiger partial charge in [-0.1, -0.05) is 19.1 Å². The summed E-state index contributed by atoms with van der Waals surface area (Å²) in [6.07, 6.45) is 6.79. The number of rotatable bonds is 4. The second-order valence-electron chi connectivity index (χ2n) is 6.02. The maximum Gasteiger partial charge on any atom is 0.253 e. The molecule has 1 aliphatic heterocycles. The summed E-state index contributed by atoms with van der Waals surface area (Å²) in [5.41, 5.74) is 3.39. The van der Waals surface area contributed by atoms with E-state index in [2.05, 4.69) is 36.2 Å². The van der Waals surface area contributed by atoms with E-state index in [4.69, 9.17) is 0 Å². The molecule has 0 saturated carbocycles. The van der Waals surface area contributed by atoms with Gasteiger partial charge >= 0.3 is 0 Å². The van der Waals surface area contributed by atoms with Crippen molar-refractivity contribution in [2.75, 3.05) is 13.1 Å². The van der Waals surface area contributed by atoms with Gasteiger partial charge in [-0.25, -0.2) is 0 Å². The average Bonchev–Trinajstić information content (AvgIpc) is 3.04. The van der Waals surface area contributed by atoms with Crippen molar-refractivity contribution in [1.29, 1.82) is 0 Å². The summed E-state index contributed by atoms with van der Waals surface area (Å²) in [5, 5.41) is 0. The standard InChI is InChI=1S/C19H22N2O/c1-2-15-3-5-18(6-4-15)19(22)21-12-9-17(14-21)13-16-7-10-20-11-8-16/h3-8,10-11,17H,2,9,12-14H2,1H3. The number of pyridine rings is 1. The maximum absolute atomic E-state index is 12.6. The third-order valence-corrected chi connectivity index (χ3v) is 4.46. The lowest BCUT2D eigenvalue weighted by Crippen LogP contribution is -2.28. The van der Waals surface area contributed by atoms with E-state index in [1.165, 1.54) is 11.1 Å². The predicted octanol–water partition coefficient (Wildman–Crippen LogP) is 3.35. The van der Waals surface area contributed by atoms with Gasteiger partial charge < -0.3 is 4.90 Å². The van der Waals surface area contributed by atoms with E-state index in [1.54, 1.807) is 0 Å². The Hall–Kier alpha value is -2.16. The van der Waals surface area contributed by atoms with Crippen molar-refractivity contribution >= 4 is 5.91 Å². The molecule has 0 bridgehead atoms. The lowest BCUT2D eigenvalue weighted by molar-refractivity contribution is 0.0787. The summed E-state index contributed by atoms with van der Waals surface area (Å²) in [6.45, 7) is 3.85. The minimum Gasteiger partial charge on any atom is -0.338 e. The zero-order chi connectivity index (χ0) is 15.4. The molecule has 2 aromatic rings. The number of benzene rings is 1. The van der Waals surface area contributed by atoms with Crippen LogP contribution in [0, 0.1) is 5.92 Å². The molecular formula is C19H22N2O. The largest absolute Gasteiger partial charge is 0.338 e. The van der Waals surface area contributed by atoms with E-state index in [0.29, 0.717) is 5.92 Å². The van der Waals surface area contributed by atoms with Gasteiger partial charge in [0.1, 0.15) is 0 Å². The van der Waals surface area contributed by atoms with E-state index in [1.807, 2.05) is 29.4 Å². The topological polar surface area (TPSA) is 33.2 Å². The molecule has 0 aliphatic carbocycles. The second kappa shape index (κ2) is 6.73. The fraction of sp³-hybridized carbons (Fsp3) is 0.368. The molecule has 1 aliphatic rings. The molecule has 1 fully saturated rings. The summed E-state index contributed by atoms with van der Waals surface area (Å²) in [6, 6.07) is 12.1. The molecule has 1 atom stereocenters. The molecule has 1 unspecified atom stereocenters. The van der Waals surface area contributed by atoms with E-state index in [-0.39, 0.29) is 5.91 Å². The molecule has 0 radical (unpaired) electrons. The molecule has 1 saturated heterocycles. The molecule has 1 aromatic heterocycles. The van der Waals surface area contributed by atoms with Crippen molar-refractivity contribution in [3.8, 4) is 0 Å². The Balaban J connectivity index is 1.60. The van der Waals surface area contributed by atoms with Gasteiger partial charge in [0.25, 0.3) is 5.91 Å². The Labute approximate surface area is 132 Å². The van der Waals surface area contributed by atoms with Gasteiger partial charge in [0, 0.05) is 31.0 Å². The van der Waals surface area contributed by atoms with Crippen molar-refractivity contribution in [2.45, 2.75) is 26.2 Å². The van der Waals surface area contributed by atoms with Crippen molar-refractivity contribution in [3.05, 3.63) is 65.5 Å². The number of carbonyl (C=O) groups excluding carboxylic acids is 1. The molecule has 3 rings (SSSR count). The number of aromatic nitrogens is 1. The number of likely N-dealkylation sites (tertiary alicyclic amines) is 1. The number of nitrogens with zero attached hydrogens (tertiary/aromatic N) is 2. The van der Waals surface area contributed by atoms with Crippen LogP contribution in [0.25, 0.3) is 0 Å². The van der Waals surface area contributed by atoms with Crippen LogP contribution in [0.5, 0.6) is 0 Å². The third-order valence-electron chi connectivity index (χ3n) is 4.46. The highest BCUT2D eigenvalue weighted by Gasteiger charge is 2.26. The van der Waals surface area contributed by atoms with Crippen LogP contribution < -0.4 is 0 Å². The molecule has 1 amide bonds. The predicted molar refractivity (Wildman–Crippen MR) is 87.8 cm³/mol. The van der Waals surface area contributed by atoms with Crippen LogP contribution in [0.4, 0.5) is 0 Å².